The molecule has 0 fully saturated rings. The van der Waals surface area contributed by atoms with Crippen LogP contribution in [0.4, 0.5) is 10.1 Å². The van der Waals surface area contributed by atoms with Crippen molar-refractivity contribution in [2.24, 2.45) is 0 Å². The van der Waals surface area contributed by atoms with Crippen LogP contribution in [-0.4, -0.2) is 21.4 Å². The van der Waals surface area contributed by atoms with Crippen molar-refractivity contribution < 1.29 is 17.6 Å². The van der Waals surface area contributed by atoms with Gasteiger partial charge in [-0.05, 0) is 42.5 Å². The van der Waals surface area contributed by atoms with Gasteiger partial charge in [0.05, 0.1) is 15.5 Å². The normalized spacial score (nSPS) is 11.0. The van der Waals surface area contributed by atoms with Gasteiger partial charge in [0.25, 0.3) is 15.9 Å². The van der Waals surface area contributed by atoms with Crippen LogP contribution in [0.15, 0.2) is 47.4 Å². The summed E-state index contributed by atoms with van der Waals surface area (Å²) in [7, 11) is -2.45. The van der Waals surface area contributed by atoms with Crippen LogP contribution in [0.3, 0.4) is 0 Å². The fraction of sp³-hybridized carbons (Fsp3) is 0.0714. The van der Waals surface area contributed by atoms with Gasteiger partial charge in [-0.25, -0.2) is 12.8 Å². The standard InChI is InChI=1S/C14H12ClFN2O3S/c1-17-14(19)12-8-10(4-7-13(12)15)18-22(20,21)11-5-2-9(16)3-6-11/h2-8,18H,1H3,(H,17,19). The third-order valence-corrected chi connectivity index (χ3v) is 4.54. The number of benzene rings is 2. The zero-order valence-electron chi connectivity index (χ0n) is 11.4. The third kappa shape index (κ3) is 3.55. The lowest BCUT2D eigenvalue weighted by atomic mass is 10.2. The summed E-state index contributed by atoms with van der Waals surface area (Å²) in [5, 5.41) is 2.61. The van der Waals surface area contributed by atoms with Gasteiger partial charge in [-0.15, -0.1) is 0 Å². The van der Waals surface area contributed by atoms with Gasteiger partial charge in [0, 0.05) is 12.7 Å². The first-order valence-electron chi connectivity index (χ1n) is 6.13. The minimum atomic E-state index is -3.88. The van der Waals surface area contributed by atoms with E-state index >= 15 is 0 Å². The molecule has 0 radical (unpaired) electrons. The molecule has 0 atom stereocenters. The molecule has 0 bridgehead atoms. The third-order valence-electron chi connectivity index (χ3n) is 2.81. The predicted molar refractivity (Wildman–Crippen MR) is 82.1 cm³/mol. The number of amides is 1. The number of hydrogen-bond donors (Lipinski definition) is 2. The Morgan fingerprint density at radius 2 is 1.77 bits per heavy atom. The van der Waals surface area contributed by atoms with E-state index in [0.29, 0.717) is 0 Å². The number of sulfonamides is 1. The van der Waals surface area contributed by atoms with Crippen LogP contribution in [0, 0.1) is 5.82 Å². The molecule has 2 aromatic carbocycles. The maximum atomic E-state index is 12.9. The van der Waals surface area contributed by atoms with Crippen molar-refractivity contribution in [3.63, 3.8) is 0 Å². The van der Waals surface area contributed by atoms with Crippen LogP contribution < -0.4 is 10.0 Å². The van der Waals surface area contributed by atoms with Crippen molar-refractivity contribution in [2.75, 3.05) is 11.8 Å². The number of halogens is 2. The molecule has 2 aromatic rings. The molecule has 0 aliphatic heterocycles. The summed E-state index contributed by atoms with van der Waals surface area (Å²) in [5.41, 5.74) is 0.316. The van der Waals surface area contributed by atoms with Crippen LogP contribution in [0.2, 0.25) is 5.02 Å². The summed E-state index contributed by atoms with van der Waals surface area (Å²) in [6, 6.07) is 8.55. The molecule has 0 saturated heterocycles. The molecule has 0 aliphatic carbocycles. The van der Waals surface area contributed by atoms with Crippen LogP contribution in [0.25, 0.3) is 0 Å². The highest BCUT2D eigenvalue weighted by atomic mass is 35.5. The van der Waals surface area contributed by atoms with Gasteiger partial charge >= 0.3 is 0 Å². The zero-order chi connectivity index (χ0) is 16.3. The van der Waals surface area contributed by atoms with Crippen molar-refractivity contribution in [1.29, 1.82) is 0 Å². The molecule has 0 heterocycles. The van der Waals surface area contributed by atoms with Crippen molar-refractivity contribution in [3.05, 3.63) is 58.9 Å². The molecule has 0 aliphatic rings. The number of carbonyl (C=O) groups excluding carboxylic acids is 1. The van der Waals surface area contributed by atoms with Gasteiger partial charge in [0.1, 0.15) is 5.82 Å². The topological polar surface area (TPSA) is 75.3 Å². The molecule has 0 aromatic heterocycles. The van der Waals surface area contributed by atoms with Crippen LogP contribution in [0.1, 0.15) is 10.4 Å². The van der Waals surface area contributed by atoms with Crippen LogP contribution in [0.5, 0.6) is 0 Å². The fourth-order valence-corrected chi connectivity index (χ4v) is 2.98. The number of nitrogens with one attached hydrogen (secondary N) is 2. The molecule has 0 unspecified atom stereocenters. The van der Waals surface area contributed by atoms with Crippen LogP contribution in [-0.2, 0) is 10.0 Å². The van der Waals surface area contributed by atoms with E-state index in [1.54, 1.807) is 0 Å². The van der Waals surface area contributed by atoms with E-state index in [0.717, 1.165) is 24.3 Å². The summed E-state index contributed by atoms with van der Waals surface area (Å²) in [5.74, 6) is -0.972. The van der Waals surface area contributed by atoms with E-state index < -0.39 is 21.7 Å². The molecule has 5 nitrogen and oxygen atoms in total. The average Bonchev–Trinajstić information content (AvgIpc) is 2.48. The highest BCUT2D eigenvalue weighted by molar-refractivity contribution is 7.92. The average molecular weight is 343 g/mol. The molecule has 2 rings (SSSR count). The Morgan fingerprint density at radius 1 is 1.14 bits per heavy atom. The highest BCUT2D eigenvalue weighted by Crippen LogP contribution is 2.23. The number of rotatable bonds is 4. The predicted octanol–water partition coefficient (Wildman–Crippen LogP) is 2.64. The number of anilines is 1. The summed E-state index contributed by atoms with van der Waals surface area (Å²) < 4.78 is 39.5. The van der Waals surface area contributed by atoms with Crippen molar-refractivity contribution in [3.8, 4) is 0 Å². The molecular weight excluding hydrogens is 331 g/mol. The van der Waals surface area contributed by atoms with Crippen LogP contribution >= 0.6 is 11.6 Å². The molecule has 22 heavy (non-hydrogen) atoms. The van der Waals surface area contributed by atoms with Crippen molar-refractivity contribution >= 4 is 33.2 Å². The van der Waals surface area contributed by atoms with Gasteiger partial charge in [-0.3, -0.25) is 9.52 Å². The molecule has 2 N–H and O–H groups in total. The Labute approximate surface area is 132 Å². The second kappa shape index (κ2) is 6.33. The monoisotopic (exact) mass is 342 g/mol. The van der Waals surface area contributed by atoms with Gasteiger partial charge in [-0.1, -0.05) is 11.6 Å². The van der Waals surface area contributed by atoms with E-state index in [9.17, 15) is 17.6 Å². The number of hydrogen-bond acceptors (Lipinski definition) is 3. The Hall–Kier alpha value is -2.12. The lowest BCUT2D eigenvalue weighted by molar-refractivity contribution is 0.0963. The Kier molecular flexibility index (Phi) is 4.68. The quantitative estimate of drug-likeness (QED) is 0.897. The zero-order valence-corrected chi connectivity index (χ0v) is 13.0. The maximum absolute atomic E-state index is 12.9. The summed E-state index contributed by atoms with van der Waals surface area (Å²) in [6.07, 6.45) is 0. The number of carbonyl (C=O) groups is 1. The lowest BCUT2D eigenvalue weighted by Gasteiger charge is -2.10. The van der Waals surface area contributed by atoms with Crippen molar-refractivity contribution in [1.82, 2.24) is 5.32 Å². The second-order valence-corrected chi connectivity index (χ2v) is 6.42. The molecular formula is C14H12ClFN2O3S. The highest BCUT2D eigenvalue weighted by Gasteiger charge is 2.16. The first-order valence-corrected chi connectivity index (χ1v) is 7.99. The minimum absolute atomic E-state index is 0.0923. The summed E-state index contributed by atoms with van der Waals surface area (Å²) in [6.45, 7) is 0. The van der Waals surface area contributed by atoms with E-state index in [-0.39, 0.29) is 21.2 Å². The largest absolute Gasteiger partial charge is 0.355 e. The lowest BCUT2D eigenvalue weighted by Crippen LogP contribution is -2.19. The Bertz CT molecular complexity index is 807. The first-order chi connectivity index (χ1) is 10.3. The van der Waals surface area contributed by atoms with Crippen molar-refractivity contribution in [2.45, 2.75) is 4.90 Å². The van der Waals surface area contributed by atoms with Gasteiger partial charge in [0.2, 0.25) is 0 Å². The molecule has 0 spiro atoms. The van der Waals surface area contributed by atoms with E-state index in [1.165, 1.54) is 25.2 Å². The first kappa shape index (κ1) is 16.3. The van der Waals surface area contributed by atoms with E-state index in [2.05, 4.69) is 10.0 Å². The molecule has 116 valence electrons. The SMILES string of the molecule is CNC(=O)c1cc(NS(=O)(=O)c2ccc(F)cc2)ccc1Cl. The van der Waals surface area contributed by atoms with E-state index in [4.69, 9.17) is 11.6 Å². The molecule has 1 amide bonds. The molecule has 0 saturated carbocycles. The van der Waals surface area contributed by atoms with E-state index in [1.807, 2.05) is 0 Å². The maximum Gasteiger partial charge on any atom is 0.261 e. The van der Waals surface area contributed by atoms with Gasteiger partial charge in [-0.2, -0.15) is 0 Å². The fourth-order valence-electron chi connectivity index (χ4n) is 1.73. The summed E-state index contributed by atoms with van der Waals surface area (Å²) in [4.78, 5) is 11.6. The van der Waals surface area contributed by atoms with Gasteiger partial charge in [0.15, 0.2) is 0 Å². The smallest absolute Gasteiger partial charge is 0.261 e. The Morgan fingerprint density at radius 3 is 2.36 bits per heavy atom. The second-order valence-electron chi connectivity index (χ2n) is 4.33. The minimum Gasteiger partial charge on any atom is -0.355 e. The van der Waals surface area contributed by atoms with Gasteiger partial charge < -0.3 is 5.32 Å². The Balaban J connectivity index is 2.34. The summed E-state index contributed by atoms with van der Waals surface area (Å²) >= 11 is 5.90. The molecule has 8 heteroatoms.